The van der Waals surface area contributed by atoms with Gasteiger partial charge in [-0.25, -0.2) is 4.79 Å². The van der Waals surface area contributed by atoms with Crippen molar-refractivity contribution in [3.63, 3.8) is 0 Å². The van der Waals surface area contributed by atoms with Crippen LogP contribution >= 0.6 is 0 Å². The molecule has 4 aromatic rings. The number of anilines is 2. The average molecular weight is 649 g/mol. The molecule has 1 amide bonds. The molecule has 1 aliphatic carbocycles. The average Bonchev–Trinajstić information content (AvgIpc) is 3.67. The van der Waals surface area contributed by atoms with E-state index in [1.54, 1.807) is 6.07 Å². The number of fused-ring (bicyclic) bond motifs is 1. The van der Waals surface area contributed by atoms with E-state index in [0.29, 0.717) is 30.6 Å². The summed E-state index contributed by atoms with van der Waals surface area (Å²) in [5, 5.41) is 10.9. The van der Waals surface area contributed by atoms with Crippen LogP contribution in [-0.2, 0) is 18.4 Å². The Morgan fingerprint density at radius 1 is 0.896 bits per heavy atom. The number of aromatic carboxylic acids is 1. The van der Waals surface area contributed by atoms with E-state index in [0.717, 1.165) is 91.1 Å². The third kappa shape index (κ3) is 6.30. The molecular formula is C40H48N4O4. The van der Waals surface area contributed by atoms with Crippen LogP contribution in [0.2, 0.25) is 0 Å². The number of carboxylic acids is 1. The molecule has 1 saturated carbocycles. The summed E-state index contributed by atoms with van der Waals surface area (Å²) in [5.41, 5.74) is 8.11. The fraction of sp³-hybridized carbons (Fsp3) is 0.450. The second-order valence-corrected chi connectivity index (χ2v) is 14.1. The molecule has 3 aromatic carbocycles. The van der Waals surface area contributed by atoms with Gasteiger partial charge in [0.2, 0.25) is 5.91 Å². The number of hydrogen-bond acceptors (Lipinski definition) is 5. The van der Waals surface area contributed by atoms with Gasteiger partial charge in [-0.05, 0) is 105 Å². The predicted molar refractivity (Wildman–Crippen MR) is 192 cm³/mol. The number of ether oxygens (including phenoxy) is 1. The number of nitrogens with zero attached hydrogens (tertiary/aromatic N) is 4. The summed E-state index contributed by atoms with van der Waals surface area (Å²) < 4.78 is 8.66. The van der Waals surface area contributed by atoms with E-state index in [4.69, 9.17) is 4.74 Å². The highest BCUT2D eigenvalue weighted by atomic mass is 16.5. The third-order valence-corrected chi connectivity index (χ3v) is 10.9. The smallest absolute Gasteiger partial charge is 0.335 e. The molecule has 1 aromatic heterocycles. The molecule has 48 heavy (non-hydrogen) atoms. The van der Waals surface area contributed by atoms with Crippen LogP contribution in [0.25, 0.3) is 22.2 Å². The van der Waals surface area contributed by atoms with Crippen molar-refractivity contribution in [1.29, 1.82) is 0 Å². The van der Waals surface area contributed by atoms with E-state index < -0.39 is 5.97 Å². The largest absolute Gasteiger partial charge is 0.489 e. The van der Waals surface area contributed by atoms with Crippen molar-refractivity contribution in [3.05, 3.63) is 77.4 Å². The van der Waals surface area contributed by atoms with Crippen LogP contribution in [0, 0.1) is 0 Å². The molecule has 3 aliphatic rings. The lowest BCUT2D eigenvalue weighted by Crippen LogP contribution is -2.49. The molecule has 0 radical (unpaired) electrons. The maximum Gasteiger partial charge on any atom is 0.335 e. The van der Waals surface area contributed by atoms with Crippen molar-refractivity contribution in [3.8, 4) is 17.0 Å². The van der Waals surface area contributed by atoms with Gasteiger partial charge in [0, 0.05) is 80.1 Å². The van der Waals surface area contributed by atoms with Gasteiger partial charge >= 0.3 is 5.97 Å². The van der Waals surface area contributed by atoms with Gasteiger partial charge in [-0.2, -0.15) is 0 Å². The van der Waals surface area contributed by atoms with Gasteiger partial charge in [0.25, 0.3) is 0 Å². The Bertz CT molecular complexity index is 1800. The van der Waals surface area contributed by atoms with Crippen LogP contribution < -0.4 is 14.5 Å². The number of benzene rings is 3. The zero-order valence-electron chi connectivity index (χ0n) is 28.6. The van der Waals surface area contributed by atoms with Crippen molar-refractivity contribution >= 4 is 34.2 Å². The van der Waals surface area contributed by atoms with Crippen LogP contribution in [0.1, 0.15) is 86.2 Å². The molecule has 0 unspecified atom stereocenters. The molecule has 0 atom stereocenters. The second-order valence-electron chi connectivity index (χ2n) is 14.1. The number of aryl methyl sites for hydroxylation is 1. The maximum absolute atomic E-state index is 12.6. The lowest BCUT2D eigenvalue weighted by Gasteiger charge is -2.39. The highest BCUT2D eigenvalue weighted by Gasteiger charge is 2.27. The Hall–Kier alpha value is -4.30. The zero-order valence-corrected chi connectivity index (χ0v) is 28.6. The van der Waals surface area contributed by atoms with E-state index in [1.807, 2.05) is 17.0 Å². The summed E-state index contributed by atoms with van der Waals surface area (Å²) in [7, 11) is 2.06. The molecular weight excluding hydrogens is 600 g/mol. The Kier molecular flexibility index (Phi) is 9.19. The first-order chi connectivity index (χ1) is 23.3. The molecule has 7 rings (SSSR count). The summed E-state index contributed by atoms with van der Waals surface area (Å²) in [6.07, 6.45) is 7.55. The van der Waals surface area contributed by atoms with Crippen LogP contribution in [0.15, 0.2) is 60.7 Å². The summed E-state index contributed by atoms with van der Waals surface area (Å²) in [5.74, 6) is 0.539. The normalized spacial score (nSPS) is 18.0. The van der Waals surface area contributed by atoms with Crippen molar-refractivity contribution in [1.82, 2.24) is 9.47 Å². The van der Waals surface area contributed by atoms with E-state index in [1.165, 1.54) is 30.5 Å². The van der Waals surface area contributed by atoms with E-state index in [9.17, 15) is 14.7 Å². The molecule has 0 bridgehead atoms. The first-order valence-electron chi connectivity index (χ1n) is 17.8. The van der Waals surface area contributed by atoms with E-state index in [-0.39, 0.29) is 5.91 Å². The second kappa shape index (κ2) is 13.7. The van der Waals surface area contributed by atoms with Gasteiger partial charge in [0.1, 0.15) is 12.4 Å². The Labute approximate surface area is 283 Å². The third-order valence-electron chi connectivity index (χ3n) is 10.9. The van der Waals surface area contributed by atoms with Crippen LogP contribution in [0.5, 0.6) is 5.75 Å². The van der Waals surface area contributed by atoms with Crippen LogP contribution in [0.4, 0.5) is 11.4 Å². The standard InChI is InChI=1S/C40H48N4O4/c1-27(2)42-20-22-43(23-21-42)35-18-14-32(44-19-7-10-37(44)45)24-31(35)26-48-33-15-11-29(12-16-33)39-38(28-8-5-4-6-9-28)34-17-13-30(40(46)47)25-36(34)41(39)3/h11-18,24-25,27-28H,4-10,19-23,26H2,1-3H3,(H,46,47). The fourth-order valence-corrected chi connectivity index (χ4v) is 8.19. The SMILES string of the molecule is CC(C)N1CCN(c2ccc(N3CCCC3=O)cc2COc2ccc(-c3c(C4CCCCC4)c4ccc(C(=O)O)cc4n3C)cc2)CC1. The molecule has 2 aliphatic heterocycles. The number of piperazine rings is 1. The quantitative estimate of drug-likeness (QED) is 0.199. The Balaban J connectivity index is 1.17. The molecule has 2 saturated heterocycles. The summed E-state index contributed by atoms with van der Waals surface area (Å²) in [4.78, 5) is 31.3. The maximum atomic E-state index is 12.6. The first kappa shape index (κ1) is 32.3. The number of carbonyl (C=O) groups is 2. The minimum absolute atomic E-state index is 0.191. The van der Waals surface area contributed by atoms with Crippen molar-refractivity contribution in [2.75, 3.05) is 42.5 Å². The Morgan fingerprint density at radius 3 is 2.31 bits per heavy atom. The summed E-state index contributed by atoms with van der Waals surface area (Å²) >= 11 is 0. The Morgan fingerprint density at radius 2 is 1.65 bits per heavy atom. The monoisotopic (exact) mass is 648 g/mol. The first-order valence-corrected chi connectivity index (χ1v) is 17.8. The lowest BCUT2D eigenvalue weighted by molar-refractivity contribution is -0.117. The number of rotatable bonds is 9. The molecule has 1 N–H and O–H groups in total. The van der Waals surface area contributed by atoms with Gasteiger partial charge in [-0.15, -0.1) is 0 Å². The van der Waals surface area contributed by atoms with Gasteiger partial charge in [-0.1, -0.05) is 25.3 Å². The number of aromatic nitrogens is 1. The summed E-state index contributed by atoms with van der Waals surface area (Å²) in [6, 6.07) is 20.9. The predicted octanol–water partition coefficient (Wildman–Crippen LogP) is 7.83. The number of carbonyl (C=O) groups excluding carboxylic acids is 1. The molecule has 3 heterocycles. The topological polar surface area (TPSA) is 78.2 Å². The molecule has 8 nitrogen and oxygen atoms in total. The van der Waals surface area contributed by atoms with Gasteiger partial charge in [0.15, 0.2) is 0 Å². The number of carboxylic acid groups (broad SMARTS) is 1. The van der Waals surface area contributed by atoms with Crippen LogP contribution in [-0.4, -0.2) is 65.2 Å². The van der Waals surface area contributed by atoms with E-state index >= 15 is 0 Å². The highest BCUT2D eigenvalue weighted by Crippen LogP contribution is 2.44. The van der Waals surface area contributed by atoms with Crippen LogP contribution in [0.3, 0.4) is 0 Å². The minimum atomic E-state index is -0.904. The highest BCUT2D eigenvalue weighted by molar-refractivity contribution is 5.98. The summed E-state index contributed by atoms with van der Waals surface area (Å²) in [6.45, 7) is 9.67. The molecule has 0 spiro atoms. The minimum Gasteiger partial charge on any atom is -0.489 e. The zero-order chi connectivity index (χ0) is 33.4. The van der Waals surface area contributed by atoms with Gasteiger partial charge in [0.05, 0.1) is 11.3 Å². The van der Waals surface area contributed by atoms with Crippen molar-refractivity contribution in [2.45, 2.75) is 77.4 Å². The van der Waals surface area contributed by atoms with E-state index in [2.05, 4.69) is 77.7 Å². The van der Waals surface area contributed by atoms with Crippen molar-refractivity contribution < 1.29 is 19.4 Å². The molecule has 252 valence electrons. The number of amides is 1. The fourth-order valence-electron chi connectivity index (χ4n) is 8.19. The van der Waals surface area contributed by atoms with Gasteiger partial charge in [-0.3, -0.25) is 9.69 Å². The lowest BCUT2D eigenvalue weighted by atomic mass is 9.82. The van der Waals surface area contributed by atoms with Crippen molar-refractivity contribution in [2.24, 2.45) is 7.05 Å². The van der Waals surface area contributed by atoms with Gasteiger partial charge < -0.3 is 24.2 Å². The molecule has 8 heteroatoms. The number of hydrogen-bond donors (Lipinski definition) is 1. The molecule has 3 fully saturated rings.